The third-order valence-corrected chi connectivity index (χ3v) is 3.75. The van der Waals surface area contributed by atoms with Crippen LogP contribution in [-0.2, 0) is 0 Å². The van der Waals surface area contributed by atoms with Crippen molar-refractivity contribution in [2.24, 2.45) is 5.92 Å². The molecule has 0 saturated heterocycles. The Morgan fingerprint density at radius 1 is 1.17 bits per heavy atom. The minimum absolute atomic E-state index is 0.0550. The van der Waals surface area contributed by atoms with E-state index in [1.807, 2.05) is 13.8 Å². The van der Waals surface area contributed by atoms with Gasteiger partial charge in [0.15, 0.2) is 17.3 Å². The fourth-order valence-electron chi connectivity index (χ4n) is 1.92. The number of methoxy groups -OCH3 is 2. The van der Waals surface area contributed by atoms with Gasteiger partial charge in [-0.15, -0.1) is 0 Å². The highest BCUT2D eigenvalue weighted by molar-refractivity contribution is 9.10. The van der Waals surface area contributed by atoms with Crippen LogP contribution in [0.5, 0.6) is 11.5 Å². The van der Waals surface area contributed by atoms with E-state index < -0.39 is 0 Å². The summed E-state index contributed by atoms with van der Waals surface area (Å²) in [6.45, 7) is 4.06. The summed E-state index contributed by atoms with van der Waals surface area (Å²) in [5, 5.41) is 0. The Labute approximate surface area is 117 Å². The molecule has 4 heteroatoms. The van der Waals surface area contributed by atoms with Gasteiger partial charge in [0.2, 0.25) is 0 Å². The molecule has 1 aromatic carbocycles. The molecule has 0 aliphatic rings. The average Bonchev–Trinajstić information content (AvgIpc) is 2.39. The number of carbonyl (C=O) groups is 1. The van der Waals surface area contributed by atoms with Gasteiger partial charge >= 0.3 is 0 Å². The van der Waals surface area contributed by atoms with Gasteiger partial charge in [0.25, 0.3) is 0 Å². The zero-order valence-electron chi connectivity index (χ0n) is 11.2. The van der Waals surface area contributed by atoms with Crippen molar-refractivity contribution in [1.29, 1.82) is 0 Å². The Hall–Kier alpha value is -1.03. The zero-order chi connectivity index (χ0) is 13.7. The molecular formula is C14H19BrO3. The maximum absolute atomic E-state index is 12.4. The molecule has 0 N–H and O–H groups in total. The fraction of sp³-hybridized carbons (Fsp3) is 0.500. The summed E-state index contributed by atoms with van der Waals surface area (Å²) in [7, 11) is 3.14. The van der Waals surface area contributed by atoms with Gasteiger partial charge in [0.1, 0.15) is 0 Å². The maximum Gasteiger partial charge on any atom is 0.167 e. The number of carbonyl (C=O) groups excluding carboxylic acids is 1. The van der Waals surface area contributed by atoms with Gasteiger partial charge < -0.3 is 9.47 Å². The minimum atomic E-state index is 0.0550. The quantitative estimate of drug-likeness (QED) is 0.742. The SMILES string of the molecule is CCC(CC)C(=O)c1cc(OC)c(OC)cc1Br. The summed E-state index contributed by atoms with van der Waals surface area (Å²) in [6.07, 6.45) is 1.69. The molecule has 0 aliphatic heterocycles. The zero-order valence-corrected chi connectivity index (χ0v) is 12.8. The van der Waals surface area contributed by atoms with Crippen molar-refractivity contribution in [3.63, 3.8) is 0 Å². The largest absolute Gasteiger partial charge is 0.493 e. The van der Waals surface area contributed by atoms with Crippen molar-refractivity contribution >= 4 is 21.7 Å². The van der Waals surface area contributed by atoms with Crippen LogP contribution in [0, 0.1) is 5.92 Å². The van der Waals surface area contributed by atoms with Gasteiger partial charge in [0.05, 0.1) is 14.2 Å². The van der Waals surface area contributed by atoms with Crippen LogP contribution in [0.25, 0.3) is 0 Å². The fourth-order valence-corrected chi connectivity index (χ4v) is 2.44. The second kappa shape index (κ2) is 6.78. The van der Waals surface area contributed by atoms with E-state index in [2.05, 4.69) is 15.9 Å². The molecule has 0 heterocycles. The van der Waals surface area contributed by atoms with Crippen LogP contribution in [0.15, 0.2) is 16.6 Å². The third-order valence-electron chi connectivity index (χ3n) is 3.10. The number of Topliss-reactive ketones (excluding diaryl/α,β-unsaturated/α-hetero) is 1. The van der Waals surface area contributed by atoms with Crippen LogP contribution in [0.4, 0.5) is 0 Å². The normalized spacial score (nSPS) is 10.6. The number of hydrogen-bond acceptors (Lipinski definition) is 3. The van der Waals surface area contributed by atoms with E-state index in [-0.39, 0.29) is 11.7 Å². The second-order valence-corrected chi connectivity index (χ2v) is 4.92. The molecule has 18 heavy (non-hydrogen) atoms. The van der Waals surface area contributed by atoms with Crippen molar-refractivity contribution in [3.8, 4) is 11.5 Å². The molecule has 0 atom stereocenters. The lowest BCUT2D eigenvalue weighted by Gasteiger charge is -2.15. The summed E-state index contributed by atoms with van der Waals surface area (Å²) in [4.78, 5) is 12.4. The molecule has 3 nitrogen and oxygen atoms in total. The molecule has 0 spiro atoms. The maximum atomic E-state index is 12.4. The highest BCUT2D eigenvalue weighted by Gasteiger charge is 2.21. The Balaban J connectivity index is 3.20. The Bertz CT molecular complexity index is 425. The molecular weight excluding hydrogens is 296 g/mol. The third kappa shape index (κ3) is 3.05. The molecule has 0 aromatic heterocycles. The molecule has 100 valence electrons. The summed E-state index contributed by atoms with van der Waals surface area (Å²) in [5.74, 6) is 1.40. The van der Waals surface area contributed by atoms with Crippen molar-refractivity contribution in [1.82, 2.24) is 0 Å². The molecule has 0 fully saturated rings. The molecule has 0 radical (unpaired) electrons. The Kier molecular flexibility index (Phi) is 5.66. The average molecular weight is 315 g/mol. The lowest BCUT2D eigenvalue weighted by atomic mass is 9.93. The van der Waals surface area contributed by atoms with E-state index in [9.17, 15) is 4.79 Å². The monoisotopic (exact) mass is 314 g/mol. The number of ether oxygens (including phenoxy) is 2. The first-order valence-electron chi connectivity index (χ1n) is 6.04. The lowest BCUT2D eigenvalue weighted by molar-refractivity contribution is 0.0912. The van der Waals surface area contributed by atoms with Crippen molar-refractivity contribution in [2.75, 3.05) is 14.2 Å². The topological polar surface area (TPSA) is 35.5 Å². The van der Waals surface area contributed by atoms with Gasteiger partial charge in [-0.2, -0.15) is 0 Å². The first kappa shape index (κ1) is 15.0. The van der Waals surface area contributed by atoms with Crippen LogP contribution in [0.3, 0.4) is 0 Å². The predicted molar refractivity (Wildman–Crippen MR) is 75.6 cm³/mol. The smallest absolute Gasteiger partial charge is 0.167 e. The van der Waals surface area contributed by atoms with Crippen LogP contribution in [0.2, 0.25) is 0 Å². The van der Waals surface area contributed by atoms with Crippen LogP contribution >= 0.6 is 15.9 Å². The van der Waals surface area contributed by atoms with Crippen LogP contribution in [-0.4, -0.2) is 20.0 Å². The van der Waals surface area contributed by atoms with Gasteiger partial charge in [-0.25, -0.2) is 0 Å². The van der Waals surface area contributed by atoms with Crippen LogP contribution in [0.1, 0.15) is 37.0 Å². The molecule has 0 amide bonds. The highest BCUT2D eigenvalue weighted by Crippen LogP contribution is 2.34. The molecule has 0 aliphatic carbocycles. The molecule has 0 saturated carbocycles. The first-order valence-corrected chi connectivity index (χ1v) is 6.83. The Morgan fingerprint density at radius 3 is 2.11 bits per heavy atom. The molecule has 1 rings (SSSR count). The van der Waals surface area contributed by atoms with E-state index in [0.29, 0.717) is 17.1 Å². The van der Waals surface area contributed by atoms with Gasteiger partial charge in [0, 0.05) is 16.0 Å². The number of hydrogen-bond donors (Lipinski definition) is 0. The number of ketones is 1. The summed E-state index contributed by atoms with van der Waals surface area (Å²) < 4.78 is 11.2. The summed E-state index contributed by atoms with van der Waals surface area (Å²) in [5.41, 5.74) is 0.654. The first-order chi connectivity index (χ1) is 8.58. The Morgan fingerprint density at radius 2 is 1.67 bits per heavy atom. The van der Waals surface area contributed by atoms with Crippen LogP contribution < -0.4 is 9.47 Å². The molecule has 1 aromatic rings. The summed E-state index contributed by atoms with van der Waals surface area (Å²) >= 11 is 3.42. The lowest BCUT2D eigenvalue weighted by Crippen LogP contribution is -2.14. The number of rotatable bonds is 6. The van der Waals surface area contributed by atoms with E-state index in [0.717, 1.165) is 17.3 Å². The number of halogens is 1. The van der Waals surface area contributed by atoms with Gasteiger partial charge in [-0.1, -0.05) is 13.8 Å². The second-order valence-electron chi connectivity index (χ2n) is 4.06. The summed E-state index contributed by atoms with van der Waals surface area (Å²) in [6, 6.07) is 3.51. The molecule has 0 bridgehead atoms. The molecule has 0 unspecified atom stereocenters. The van der Waals surface area contributed by atoms with Crippen molar-refractivity contribution in [3.05, 3.63) is 22.2 Å². The van der Waals surface area contributed by atoms with Crippen molar-refractivity contribution in [2.45, 2.75) is 26.7 Å². The van der Waals surface area contributed by atoms with E-state index >= 15 is 0 Å². The minimum Gasteiger partial charge on any atom is -0.493 e. The number of benzene rings is 1. The van der Waals surface area contributed by atoms with E-state index in [1.165, 1.54) is 0 Å². The highest BCUT2D eigenvalue weighted by atomic mass is 79.9. The predicted octanol–water partition coefficient (Wildman–Crippen LogP) is 4.09. The standard InChI is InChI=1S/C14H19BrO3/c1-5-9(6-2)14(16)10-7-12(17-3)13(18-4)8-11(10)15/h7-9H,5-6H2,1-4H3. The van der Waals surface area contributed by atoms with E-state index in [1.54, 1.807) is 26.4 Å². The van der Waals surface area contributed by atoms with Crippen molar-refractivity contribution < 1.29 is 14.3 Å². The van der Waals surface area contributed by atoms with E-state index in [4.69, 9.17) is 9.47 Å². The van der Waals surface area contributed by atoms with Gasteiger partial charge in [-0.05, 0) is 40.9 Å². The van der Waals surface area contributed by atoms with Gasteiger partial charge in [-0.3, -0.25) is 4.79 Å².